The molecular formula is C13H18N2O3. The van der Waals surface area contributed by atoms with E-state index in [1.807, 2.05) is 0 Å². The first-order chi connectivity index (χ1) is 8.31. The number of amides is 1. The predicted octanol–water partition coefficient (Wildman–Crippen LogP) is 1.33. The van der Waals surface area contributed by atoms with Crippen LogP contribution in [0.5, 0.6) is 0 Å². The third-order valence-corrected chi connectivity index (χ3v) is 2.89. The van der Waals surface area contributed by atoms with E-state index in [2.05, 4.69) is 0 Å². The summed E-state index contributed by atoms with van der Waals surface area (Å²) < 4.78 is 0. The highest BCUT2D eigenvalue weighted by Gasteiger charge is 2.30. The monoisotopic (exact) mass is 250 g/mol. The summed E-state index contributed by atoms with van der Waals surface area (Å²) in [5.41, 5.74) is 5.31. The number of carbonyl (C=O) groups is 2. The summed E-state index contributed by atoms with van der Waals surface area (Å²) in [5.74, 6) is -1.27. The summed E-state index contributed by atoms with van der Waals surface area (Å²) in [5, 5.41) is 9.09. The van der Waals surface area contributed by atoms with Crippen LogP contribution in [0.3, 0.4) is 0 Å². The number of benzene rings is 1. The van der Waals surface area contributed by atoms with E-state index in [1.54, 1.807) is 39.1 Å². The highest BCUT2D eigenvalue weighted by Crippen LogP contribution is 2.24. The molecule has 0 unspecified atom stereocenters. The molecule has 0 atom stereocenters. The lowest BCUT2D eigenvalue weighted by atomic mass is 9.91. The number of carboxylic acid groups (broad SMARTS) is 1. The number of hydrogen-bond donors (Lipinski definition) is 2. The van der Waals surface area contributed by atoms with Crippen LogP contribution in [0.25, 0.3) is 0 Å². The van der Waals surface area contributed by atoms with Gasteiger partial charge < -0.3 is 15.7 Å². The van der Waals surface area contributed by atoms with Crippen LogP contribution < -0.4 is 10.6 Å². The van der Waals surface area contributed by atoms with Crippen molar-refractivity contribution in [2.24, 2.45) is 11.1 Å². The van der Waals surface area contributed by atoms with E-state index in [4.69, 9.17) is 10.8 Å². The van der Waals surface area contributed by atoms with Crippen molar-refractivity contribution in [2.75, 3.05) is 18.5 Å². The topological polar surface area (TPSA) is 83.6 Å². The first-order valence-corrected chi connectivity index (χ1v) is 5.62. The second-order valence-electron chi connectivity index (χ2n) is 4.77. The molecule has 98 valence electrons. The van der Waals surface area contributed by atoms with Crippen LogP contribution in [0.2, 0.25) is 0 Å². The number of carboxylic acids is 1. The van der Waals surface area contributed by atoms with Crippen molar-refractivity contribution in [3.05, 3.63) is 29.8 Å². The van der Waals surface area contributed by atoms with Crippen molar-refractivity contribution in [3.63, 3.8) is 0 Å². The minimum Gasteiger partial charge on any atom is -0.478 e. The Bertz CT molecular complexity index is 469. The Labute approximate surface area is 106 Å². The second-order valence-corrected chi connectivity index (χ2v) is 4.77. The van der Waals surface area contributed by atoms with Crippen LogP contribution in [0.15, 0.2) is 24.3 Å². The zero-order chi connectivity index (χ0) is 13.9. The molecule has 1 rings (SSSR count). The lowest BCUT2D eigenvalue weighted by Crippen LogP contribution is -2.43. The van der Waals surface area contributed by atoms with Gasteiger partial charge in [-0.2, -0.15) is 0 Å². The van der Waals surface area contributed by atoms with Crippen molar-refractivity contribution >= 4 is 17.6 Å². The van der Waals surface area contributed by atoms with Gasteiger partial charge >= 0.3 is 5.97 Å². The van der Waals surface area contributed by atoms with E-state index < -0.39 is 11.4 Å². The third-order valence-electron chi connectivity index (χ3n) is 2.89. The molecule has 5 nitrogen and oxygen atoms in total. The molecule has 1 amide bonds. The van der Waals surface area contributed by atoms with E-state index >= 15 is 0 Å². The molecule has 0 saturated carbocycles. The van der Waals surface area contributed by atoms with Crippen molar-refractivity contribution < 1.29 is 14.7 Å². The van der Waals surface area contributed by atoms with E-state index in [0.717, 1.165) is 0 Å². The zero-order valence-corrected chi connectivity index (χ0v) is 10.8. The Kier molecular flexibility index (Phi) is 4.08. The van der Waals surface area contributed by atoms with Crippen LogP contribution >= 0.6 is 0 Å². The number of carbonyl (C=O) groups excluding carboxylic acids is 1. The summed E-state index contributed by atoms with van der Waals surface area (Å²) in [6.45, 7) is 3.66. The minimum atomic E-state index is -1.06. The quantitative estimate of drug-likeness (QED) is 0.844. The fourth-order valence-corrected chi connectivity index (χ4v) is 1.60. The van der Waals surface area contributed by atoms with Crippen LogP contribution in [0, 0.1) is 5.41 Å². The molecule has 1 aromatic carbocycles. The number of rotatable bonds is 4. The number of anilines is 1. The maximum absolute atomic E-state index is 12.2. The number of nitrogens with two attached hydrogens (primary N) is 1. The molecule has 0 aliphatic heterocycles. The third kappa shape index (κ3) is 2.68. The Morgan fingerprint density at radius 1 is 1.33 bits per heavy atom. The van der Waals surface area contributed by atoms with Gasteiger partial charge in [-0.1, -0.05) is 12.1 Å². The van der Waals surface area contributed by atoms with Crippen molar-refractivity contribution in [2.45, 2.75) is 13.8 Å². The summed E-state index contributed by atoms with van der Waals surface area (Å²) >= 11 is 0. The van der Waals surface area contributed by atoms with Gasteiger partial charge in [-0.05, 0) is 26.0 Å². The largest absolute Gasteiger partial charge is 0.478 e. The first-order valence-electron chi connectivity index (χ1n) is 5.62. The summed E-state index contributed by atoms with van der Waals surface area (Å²) in [6.07, 6.45) is 0. The van der Waals surface area contributed by atoms with E-state index in [9.17, 15) is 9.59 Å². The number of para-hydroxylation sites is 1. The Morgan fingerprint density at radius 3 is 2.39 bits per heavy atom. The van der Waals surface area contributed by atoms with Crippen molar-refractivity contribution in [1.82, 2.24) is 0 Å². The maximum Gasteiger partial charge on any atom is 0.337 e. The second kappa shape index (κ2) is 5.18. The molecule has 0 saturated heterocycles. The fraction of sp³-hybridized carbons (Fsp3) is 0.385. The van der Waals surface area contributed by atoms with E-state index in [0.29, 0.717) is 5.69 Å². The van der Waals surface area contributed by atoms with Gasteiger partial charge in [-0.3, -0.25) is 4.79 Å². The van der Waals surface area contributed by atoms with Gasteiger partial charge in [0.2, 0.25) is 5.91 Å². The molecule has 0 spiro atoms. The van der Waals surface area contributed by atoms with Crippen LogP contribution in [-0.2, 0) is 4.79 Å². The zero-order valence-electron chi connectivity index (χ0n) is 10.8. The average Bonchev–Trinajstić information content (AvgIpc) is 2.36. The standard InChI is InChI=1S/C13H18N2O3/c1-13(2,8-14)12(18)15(3)10-7-5-4-6-9(10)11(16)17/h4-7H,8,14H2,1-3H3,(H,16,17). The Morgan fingerprint density at radius 2 is 1.89 bits per heavy atom. The summed E-state index contributed by atoms with van der Waals surface area (Å²) in [6, 6.07) is 6.39. The highest BCUT2D eigenvalue weighted by molar-refractivity contribution is 6.03. The van der Waals surface area contributed by atoms with E-state index in [-0.39, 0.29) is 18.0 Å². The molecule has 0 aliphatic carbocycles. The molecule has 5 heteroatoms. The predicted molar refractivity (Wildman–Crippen MR) is 69.6 cm³/mol. The van der Waals surface area contributed by atoms with Gasteiger partial charge in [-0.25, -0.2) is 4.79 Å². The number of nitrogens with zero attached hydrogens (tertiary/aromatic N) is 1. The smallest absolute Gasteiger partial charge is 0.337 e. The SMILES string of the molecule is CN(C(=O)C(C)(C)CN)c1ccccc1C(=O)O. The van der Waals surface area contributed by atoms with Gasteiger partial charge in [0.25, 0.3) is 0 Å². The fourth-order valence-electron chi connectivity index (χ4n) is 1.60. The molecule has 18 heavy (non-hydrogen) atoms. The maximum atomic E-state index is 12.2. The van der Waals surface area contributed by atoms with Crippen molar-refractivity contribution in [1.29, 1.82) is 0 Å². The highest BCUT2D eigenvalue weighted by atomic mass is 16.4. The average molecular weight is 250 g/mol. The van der Waals surface area contributed by atoms with Crippen molar-refractivity contribution in [3.8, 4) is 0 Å². The van der Waals surface area contributed by atoms with Gasteiger partial charge in [0.1, 0.15) is 0 Å². The van der Waals surface area contributed by atoms with Gasteiger partial charge in [0.05, 0.1) is 16.7 Å². The number of hydrogen-bond acceptors (Lipinski definition) is 3. The first kappa shape index (κ1) is 14.2. The Hall–Kier alpha value is -1.88. The van der Waals surface area contributed by atoms with Gasteiger partial charge in [-0.15, -0.1) is 0 Å². The summed E-state index contributed by atoms with van der Waals surface area (Å²) in [7, 11) is 1.56. The van der Waals surface area contributed by atoms with Gasteiger partial charge in [0, 0.05) is 13.6 Å². The summed E-state index contributed by atoms with van der Waals surface area (Å²) in [4.78, 5) is 24.7. The molecule has 0 heterocycles. The Balaban J connectivity index is 3.16. The molecule has 0 radical (unpaired) electrons. The van der Waals surface area contributed by atoms with Gasteiger partial charge in [0.15, 0.2) is 0 Å². The lowest BCUT2D eigenvalue weighted by Gasteiger charge is -2.28. The van der Waals surface area contributed by atoms with Crippen LogP contribution in [0.4, 0.5) is 5.69 Å². The molecule has 0 bridgehead atoms. The van der Waals surface area contributed by atoms with Crippen LogP contribution in [-0.4, -0.2) is 30.6 Å². The molecule has 1 aromatic rings. The van der Waals surface area contributed by atoms with E-state index in [1.165, 1.54) is 11.0 Å². The molecule has 3 N–H and O–H groups in total. The molecular weight excluding hydrogens is 232 g/mol. The lowest BCUT2D eigenvalue weighted by molar-refractivity contribution is -0.125. The normalized spacial score (nSPS) is 11.1. The van der Waals surface area contributed by atoms with Crippen LogP contribution in [0.1, 0.15) is 24.2 Å². The molecule has 0 aromatic heterocycles. The number of aromatic carboxylic acids is 1. The molecule has 0 aliphatic rings. The molecule has 0 fully saturated rings. The minimum absolute atomic E-state index is 0.0983.